The minimum atomic E-state index is -5.08. The summed E-state index contributed by atoms with van der Waals surface area (Å²) in [6.07, 6.45) is -1.67. The van der Waals surface area contributed by atoms with Gasteiger partial charge in [0.05, 0.1) is 17.4 Å². The first-order chi connectivity index (χ1) is 18.9. The Balaban J connectivity index is 0.000000559. The monoisotopic (exact) mass is 578 g/mol. The van der Waals surface area contributed by atoms with E-state index in [0.29, 0.717) is 18.0 Å². The molecule has 1 aliphatic carbocycles. The van der Waals surface area contributed by atoms with Crippen LogP contribution in [0.2, 0.25) is 0 Å². The third-order valence-corrected chi connectivity index (χ3v) is 7.62. The maximum Gasteiger partial charge on any atom is 0.490 e. The normalized spacial score (nSPS) is 13.8. The molecular weight excluding hydrogens is 549 g/mol. The lowest BCUT2D eigenvalue weighted by Crippen LogP contribution is -2.35. The van der Waals surface area contributed by atoms with E-state index in [0.717, 1.165) is 31.2 Å². The number of sulfonamides is 1. The first-order valence-corrected chi connectivity index (χ1v) is 13.8. The molecule has 40 heavy (non-hydrogen) atoms. The number of aryl methyl sites for hydroxylation is 1. The number of aliphatic carboxylic acids is 1. The molecule has 214 valence electrons. The minimum absolute atomic E-state index is 0.0419. The van der Waals surface area contributed by atoms with Crippen molar-refractivity contribution in [2.45, 2.75) is 42.2 Å². The molecule has 3 aromatic carbocycles. The topological polar surface area (TPSA) is 122 Å². The highest BCUT2D eigenvalue weighted by Gasteiger charge is 2.51. The van der Waals surface area contributed by atoms with Crippen molar-refractivity contribution in [2.75, 3.05) is 18.4 Å². The fourth-order valence-corrected chi connectivity index (χ4v) is 5.01. The van der Waals surface area contributed by atoms with Crippen molar-refractivity contribution >= 4 is 27.6 Å². The third-order valence-electron chi connectivity index (χ3n) is 6.24. The van der Waals surface area contributed by atoms with Crippen LogP contribution in [0.1, 0.15) is 30.4 Å². The van der Waals surface area contributed by atoms with Crippen molar-refractivity contribution in [2.24, 2.45) is 0 Å². The maximum atomic E-state index is 12.9. The molecular formula is C28H29F3N2O6S. The Hall–Kier alpha value is -4.06. The summed E-state index contributed by atoms with van der Waals surface area (Å²) in [5.41, 5.74) is 2.12. The molecule has 0 bridgehead atoms. The van der Waals surface area contributed by atoms with Crippen LogP contribution in [0.25, 0.3) is 0 Å². The van der Waals surface area contributed by atoms with Crippen LogP contribution in [0, 0.1) is 0 Å². The zero-order valence-corrected chi connectivity index (χ0v) is 22.4. The van der Waals surface area contributed by atoms with E-state index in [9.17, 15) is 26.4 Å². The molecule has 1 saturated carbocycles. The second-order valence-electron chi connectivity index (χ2n) is 9.09. The lowest BCUT2D eigenvalue weighted by molar-refractivity contribution is -0.192. The predicted octanol–water partition coefficient (Wildman–Crippen LogP) is 4.91. The number of ether oxygens (including phenoxy) is 1. The molecule has 1 aliphatic rings. The van der Waals surface area contributed by atoms with Gasteiger partial charge in [0, 0.05) is 18.3 Å². The second kappa shape index (κ2) is 12.9. The van der Waals surface area contributed by atoms with Crippen molar-refractivity contribution in [1.29, 1.82) is 0 Å². The number of nitrogens with one attached hydrogen (secondary N) is 2. The van der Waals surface area contributed by atoms with Crippen molar-refractivity contribution in [3.63, 3.8) is 0 Å². The van der Waals surface area contributed by atoms with E-state index < -0.39 is 27.6 Å². The molecule has 0 unspecified atom stereocenters. The van der Waals surface area contributed by atoms with Crippen molar-refractivity contribution in [1.82, 2.24) is 5.32 Å². The number of benzene rings is 3. The number of carboxylic acid groups (broad SMARTS) is 1. The van der Waals surface area contributed by atoms with E-state index in [-0.39, 0.29) is 10.8 Å². The van der Waals surface area contributed by atoms with Gasteiger partial charge in [-0.05, 0) is 61.1 Å². The molecule has 0 radical (unpaired) electrons. The van der Waals surface area contributed by atoms with Gasteiger partial charge in [0.15, 0.2) is 0 Å². The molecule has 0 saturated heterocycles. The van der Waals surface area contributed by atoms with Crippen LogP contribution in [-0.2, 0) is 31.4 Å². The number of carbonyl (C=O) groups is 2. The van der Waals surface area contributed by atoms with Gasteiger partial charge in [0.25, 0.3) is 10.0 Å². The highest BCUT2D eigenvalue weighted by atomic mass is 32.2. The van der Waals surface area contributed by atoms with Crippen LogP contribution < -0.4 is 14.8 Å². The summed E-state index contributed by atoms with van der Waals surface area (Å²) in [5.74, 6) is -2.24. The summed E-state index contributed by atoms with van der Waals surface area (Å²) in [6, 6.07) is 23.6. The van der Waals surface area contributed by atoms with Crippen LogP contribution in [-0.4, -0.2) is 45.2 Å². The lowest BCUT2D eigenvalue weighted by atomic mass is 9.94. The zero-order valence-electron chi connectivity index (χ0n) is 21.6. The molecule has 12 heteroatoms. The SMILES string of the molecule is COc1cccc(S(=O)(=O)Nc2ccc(C3(C(=O)NCCCc4ccccc4)CC3)cc2)c1.O=C(O)C(F)(F)F. The Labute approximate surface area is 230 Å². The van der Waals surface area contributed by atoms with Crippen molar-refractivity contribution in [3.05, 3.63) is 90.0 Å². The van der Waals surface area contributed by atoms with E-state index in [1.807, 2.05) is 30.3 Å². The standard InChI is InChI=1S/C26H28N2O4S.C2HF3O2/c1-32-23-10-5-11-24(19-23)33(30,31)28-22-14-12-21(13-15-22)26(16-17-26)25(29)27-18-6-9-20-7-3-2-4-8-20;3-2(4,5)1(6)7/h2-5,7-8,10-15,19,28H,6,9,16-18H2,1H3,(H,27,29);(H,6,7). The lowest BCUT2D eigenvalue weighted by Gasteiger charge is -2.17. The molecule has 0 heterocycles. The first-order valence-electron chi connectivity index (χ1n) is 12.3. The van der Waals surface area contributed by atoms with Crippen LogP contribution in [0.15, 0.2) is 83.8 Å². The van der Waals surface area contributed by atoms with Crippen molar-refractivity contribution in [3.8, 4) is 5.75 Å². The molecule has 4 rings (SSSR count). The number of methoxy groups -OCH3 is 1. The van der Waals surface area contributed by atoms with E-state index >= 15 is 0 Å². The number of rotatable bonds is 10. The fraction of sp³-hybridized carbons (Fsp3) is 0.286. The average molecular weight is 579 g/mol. The Morgan fingerprint density at radius 3 is 2.15 bits per heavy atom. The Kier molecular flexibility index (Phi) is 9.80. The van der Waals surface area contributed by atoms with Crippen LogP contribution in [0.4, 0.5) is 18.9 Å². The van der Waals surface area contributed by atoms with Gasteiger partial charge in [-0.1, -0.05) is 48.5 Å². The molecule has 3 N–H and O–H groups in total. The molecule has 0 aromatic heterocycles. The Morgan fingerprint density at radius 1 is 0.975 bits per heavy atom. The largest absolute Gasteiger partial charge is 0.497 e. The number of carboxylic acids is 1. The van der Waals surface area contributed by atoms with Gasteiger partial charge < -0.3 is 15.2 Å². The summed E-state index contributed by atoms with van der Waals surface area (Å²) in [7, 11) is -2.25. The van der Waals surface area contributed by atoms with Gasteiger partial charge in [-0.2, -0.15) is 13.2 Å². The molecule has 0 atom stereocenters. The quantitative estimate of drug-likeness (QED) is 0.294. The highest BCUT2D eigenvalue weighted by molar-refractivity contribution is 7.92. The van der Waals surface area contributed by atoms with E-state index in [1.54, 1.807) is 24.3 Å². The number of alkyl halides is 3. The Bertz CT molecular complexity index is 1410. The van der Waals surface area contributed by atoms with E-state index in [2.05, 4.69) is 22.2 Å². The van der Waals surface area contributed by atoms with Crippen LogP contribution in [0.5, 0.6) is 5.75 Å². The number of amides is 1. The molecule has 3 aromatic rings. The van der Waals surface area contributed by atoms with Crippen LogP contribution in [0.3, 0.4) is 0 Å². The molecule has 8 nitrogen and oxygen atoms in total. The highest BCUT2D eigenvalue weighted by Crippen LogP contribution is 2.48. The molecule has 0 aliphatic heterocycles. The van der Waals surface area contributed by atoms with Gasteiger partial charge >= 0.3 is 12.1 Å². The summed E-state index contributed by atoms with van der Waals surface area (Å²) >= 11 is 0. The Morgan fingerprint density at radius 2 is 1.60 bits per heavy atom. The molecule has 1 amide bonds. The minimum Gasteiger partial charge on any atom is -0.497 e. The summed E-state index contributed by atoms with van der Waals surface area (Å²) < 4.78 is 64.8. The predicted molar refractivity (Wildman–Crippen MR) is 143 cm³/mol. The van der Waals surface area contributed by atoms with Gasteiger partial charge in [-0.25, -0.2) is 13.2 Å². The van der Waals surface area contributed by atoms with E-state index in [1.165, 1.54) is 24.8 Å². The smallest absolute Gasteiger partial charge is 0.490 e. The number of halogens is 3. The van der Waals surface area contributed by atoms with E-state index in [4.69, 9.17) is 14.6 Å². The average Bonchev–Trinajstić information content (AvgIpc) is 3.74. The van der Waals surface area contributed by atoms with Crippen molar-refractivity contribution < 1.29 is 41.0 Å². The fourth-order valence-electron chi connectivity index (χ4n) is 3.92. The number of hydrogen-bond acceptors (Lipinski definition) is 5. The summed E-state index contributed by atoms with van der Waals surface area (Å²) in [5, 5.41) is 10.2. The first kappa shape index (κ1) is 30.5. The van der Waals surface area contributed by atoms with Gasteiger partial charge in [-0.15, -0.1) is 0 Å². The van der Waals surface area contributed by atoms with Gasteiger partial charge in [0.2, 0.25) is 5.91 Å². The van der Waals surface area contributed by atoms with Crippen LogP contribution >= 0.6 is 0 Å². The number of anilines is 1. The second-order valence-corrected chi connectivity index (χ2v) is 10.8. The van der Waals surface area contributed by atoms with Gasteiger partial charge in [-0.3, -0.25) is 9.52 Å². The molecule has 1 fully saturated rings. The number of hydrogen-bond donors (Lipinski definition) is 3. The molecule has 0 spiro atoms. The summed E-state index contributed by atoms with van der Waals surface area (Å²) in [6.45, 7) is 0.633. The number of carbonyl (C=O) groups excluding carboxylic acids is 1. The zero-order chi connectivity index (χ0) is 29.4. The summed E-state index contributed by atoms with van der Waals surface area (Å²) in [4.78, 5) is 21.9. The third kappa shape index (κ3) is 8.22. The maximum absolute atomic E-state index is 12.9. The van der Waals surface area contributed by atoms with Gasteiger partial charge in [0.1, 0.15) is 5.75 Å².